The fourth-order valence-electron chi connectivity index (χ4n) is 6.34. The average Bonchev–Trinajstić information content (AvgIpc) is 2.93. The van der Waals surface area contributed by atoms with Crippen molar-refractivity contribution in [2.75, 3.05) is 4.90 Å². The number of benzene rings is 6. The summed E-state index contributed by atoms with van der Waals surface area (Å²) in [7, 11) is 0. The predicted octanol–water partition coefficient (Wildman–Crippen LogP) is 9.76. The van der Waals surface area contributed by atoms with Crippen LogP contribution < -0.4 is 4.90 Å². The quantitative estimate of drug-likeness (QED) is 0.221. The number of aromatic nitrogens is 1. The van der Waals surface area contributed by atoms with Crippen molar-refractivity contribution >= 4 is 60.2 Å². The molecule has 0 radical (unpaired) electrons. The standard InChI is InChI=1S/C35H24N2/c1-21-16-22(2)26-12-13-27-28-14-15-36-35-31-18-23-8-6-7-9-24(23)19-32(31)37(25-10-4-3-5-11-25)33(34(28)35)20-30(27)29(26)17-21/h3-20H,1-2H3. The van der Waals surface area contributed by atoms with Gasteiger partial charge in [-0.25, -0.2) is 0 Å². The zero-order chi connectivity index (χ0) is 24.7. The first kappa shape index (κ1) is 20.5. The van der Waals surface area contributed by atoms with Crippen LogP contribution in [0.4, 0.5) is 17.1 Å². The first-order chi connectivity index (χ1) is 18.2. The first-order valence-corrected chi connectivity index (χ1v) is 12.8. The number of para-hydroxylation sites is 1. The highest BCUT2D eigenvalue weighted by Crippen LogP contribution is 2.53. The van der Waals surface area contributed by atoms with Gasteiger partial charge in [-0.3, -0.25) is 4.98 Å². The molecule has 0 saturated carbocycles. The lowest BCUT2D eigenvalue weighted by Crippen LogP contribution is -2.15. The summed E-state index contributed by atoms with van der Waals surface area (Å²) in [4.78, 5) is 7.41. The van der Waals surface area contributed by atoms with Gasteiger partial charge in [-0.2, -0.15) is 0 Å². The van der Waals surface area contributed by atoms with Gasteiger partial charge in [-0.15, -0.1) is 0 Å². The summed E-state index contributed by atoms with van der Waals surface area (Å²) in [5.74, 6) is 0. The number of hydrogen-bond donors (Lipinski definition) is 0. The molecule has 0 bridgehead atoms. The number of hydrogen-bond acceptors (Lipinski definition) is 2. The van der Waals surface area contributed by atoms with Crippen LogP contribution in [-0.2, 0) is 0 Å². The maximum atomic E-state index is 4.98. The molecule has 1 aliphatic heterocycles. The molecule has 0 spiro atoms. The molecule has 0 atom stereocenters. The van der Waals surface area contributed by atoms with Gasteiger partial charge >= 0.3 is 0 Å². The minimum Gasteiger partial charge on any atom is -0.309 e. The lowest BCUT2D eigenvalue weighted by molar-refractivity contribution is 1.26. The number of rotatable bonds is 1. The zero-order valence-corrected chi connectivity index (χ0v) is 20.8. The second kappa shape index (κ2) is 7.41. The lowest BCUT2D eigenvalue weighted by Gasteiger charge is -2.34. The van der Waals surface area contributed by atoms with Gasteiger partial charge in [0.15, 0.2) is 0 Å². The van der Waals surface area contributed by atoms with Gasteiger partial charge in [-0.05, 0) is 93.5 Å². The molecule has 2 heterocycles. The van der Waals surface area contributed by atoms with Crippen molar-refractivity contribution < 1.29 is 0 Å². The molecule has 0 amide bonds. The summed E-state index contributed by atoms with van der Waals surface area (Å²) in [5, 5.41) is 10.1. The van der Waals surface area contributed by atoms with E-state index in [0.29, 0.717) is 0 Å². The molecule has 6 aromatic carbocycles. The van der Waals surface area contributed by atoms with Crippen LogP contribution in [0.2, 0.25) is 0 Å². The maximum Gasteiger partial charge on any atom is 0.0822 e. The van der Waals surface area contributed by atoms with E-state index in [1.807, 2.05) is 6.20 Å². The average molecular weight is 473 g/mol. The number of pyridine rings is 1. The third kappa shape index (κ3) is 2.84. The molecule has 37 heavy (non-hydrogen) atoms. The Bertz CT molecular complexity index is 2050. The number of anilines is 3. The second-order valence-electron chi connectivity index (χ2n) is 10.2. The Balaban J connectivity index is 1.60. The summed E-state index contributed by atoms with van der Waals surface area (Å²) in [6.07, 6.45) is 1.98. The molecule has 0 N–H and O–H groups in total. The molecule has 1 aliphatic rings. The molecule has 2 nitrogen and oxygen atoms in total. The van der Waals surface area contributed by atoms with Gasteiger partial charge < -0.3 is 4.90 Å². The maximum absolute atomic E-state index is 4.98. The zero-order valence-electron chi connectivity index (χ0n) is 20.8. The SMILES string of the molecule is Cc1cc(C)c2ccc3c4ccnc5c4c(cc3c2c1)N(c1ccccc1)c1cc2ccccc2cc1-5. The van der Waals surface area contributed by atoms with Crippen molar-refractivity contribution in [1.82, 2.24) is 4.98 Å². The number of fused-ring (bicyclic) bond motifs is 7. The molecule has 7 aromatic rings. The lowest BCUT2D eigenvalue weighted by atomic mass is 9.88. The molecular weight excluding hydrogens is 448 g/mol. The summed E-state index contributed by atoms with van der Waals surface area (Å²) in [6, 6.07) is 37.7. The van der Waals surface area contributed by atoms with Gasteiger partial charge in [0.2, 0.25) is 0 Å². The van der Waals surface area contributed by atoms with Crippen molar-refractivity contribution in [3.8, 4) is 11.3 Å². The number of aryl methyl sites for hydroxylation is 2. The smallest absolute Gasteiger partial charge is 0.0822 e. The molecule has 0 aliphatic carbocycles. The first-order valence-electron chi connectivity index (χ1n) is 12.8. The summed E-state index contributed by atoms with van der Waals surface area (Å²) < 4.78 is 0. The molecule has 0 unspecified atom stereocenters. The van der Waals surface area contributed by atoms with E-state index >= 15 is 0 Å². The van der Waals surface area contributed by atoms with E-state index in [4.69, 9.17) is 4.98 Å². The third-order valence-corrected chi connectivity index (χ3v) is 7.92. The van der Waals surface area contributed by atoms with Gasteiger partial charge in [0.25, 0.3) is 0 Å². The van der Waals surface area contributed by atoms with E-state index in [9.17, 15) is 0 Å². The summed E-state index contributed by atoms with van der Waals surface area (Å²) in [6.45, 7) is 4.40. The van der Waals surface area contributed by atoms with Crippen LogP contribution in [0.1, 0.15) is 11.1 Å². The van der Waals surface area contributed by atoms with Crippen molar-refractivity contribution in [2.45, 2.75) is 13.8 Å². The highest BCUT2D eigenvalue weighted by molar-refractivity contribution is 6.26. The normalized spacial score (nSPS) is 12.5. The Morgan fingerprint density at radius 3 is 2.14 bits per heavy atom. The van der Waals surface area contributed by atoms with Crippen LogP contribution in [0.5, 0.6) is 0 Å². The molecule has 0 saturated heterocycles. The minimum atomic E-state index is 1.06. The van der Waals surface area contributed by atoms with Crippen molar-refractivity contribution in [1.29, 1.82) is 0 Å². The minimum absolute atomic E-state index is 1.06. The molecule has 8 rings (SSSR count). The Morgan fingerprint density at radius 1 is 0.568 bits per heavy atom. The van der Waals surface area contributed by atoms with Crippen LogP contribution >= 0.6 is 0 Å². The Labute approximate surface area is 215 Å². The highest BCUT2D eigenvalue weighted by atomic mass is 15.2. The fourth-order valence-corrected chi connectivity index (χ4v) is 6.34. The number of nitrogens with zero attached hydrogens (tertiary/aromatic N) is 2. The van der Waals surface area contributed by atoms with Crippen LogP contribution in [-0.4, -0.2) is 4.98 Å². The van der Waals surface area contributed by atoms with E-state index in [1.54, 1.807) is 0 Å². The van der Waals surface area contributed by atoms with E-state index in [0.717, 1.165) is 11.4 Å². The molecule has 0 fully saturated rings. The largest absolute Gasteiger partial charge is 0.309 e. The molecule has 174 valence electrons. The summed E-state index contributed by atoms with van der Waals surface area (Å²) in [5.41, 5.74) is 8.35. The van der Waals surface area contributed by atoms with E-state index < -0.39 is 0 Å². The highest BCUT2D eigenvalue weighted by Gasteiger charge is 2.28. The van der Waals surface area contributed by atoms with Gasteiger partial charge in [0.05, 0.1) is 17.1 Å². The van der Waals surface area contributed by atoms with Crippen molar-refractivity contribution in [3.63, 3.8) is 0 Å². The summed E-state index contributed by atoms with van der Waals surface area (Å²) >= 11 is 0. The fraction of sp³-hybridized carbons (Fsp3) is 0.0571. The van der Waals surface area contributed by atoms with E-state index in [-0.39, 0.29) is 0 Å². The van der Waals surface area contributed by atoms with Crippen molar-refractivity contribution in [3.05, 3.63) is 120 Å². The molecular formula is C35H24N2. The van der Waals surface area contributed by atoms with E-state index in [2.05, 4.69) is 122 Å². The monoisotopic (exact) mass is 472 g/mol. The van der Waals surface area contributed by atoms with Crippen LogP contribution in [0.15, 0.2) is 109 Å². The van der Waals surface area contributed by atoms with Crippen LogP contribution in [0.25, 0.3) is 54.3 Å². The Kier molecular flexibility index (Phi) is 4.10. The Morgan fingerprint density at radius 2 is 1.30 bits per heavy atom. The third-order valence-electron chi connectivity index (χ3n) is 7.92. The van der Waals surface area contributed by atoms with Gasteiger partial charge in [0, 0.05) is 22.8 Å². The molecule has 1 aromatic heterocycles. The van der Waals surface area contributed by atoms with Gasteiger partial charge in [-0.1, -0.05) is 72.3 Å². The Hall–Kier alpha value is -4.69. The van der Waals surface area contributed by atoms with Crippen molar-refractivity contribution in [2.24, 2.45) is 0 Å². The topological polar surface area (TPSA) is 16.1 Å². The van der Waals surface area contributed by atoms with Crippen LogP contribution in [0, 0.1) is 13.8 Å². The second-order valence-corrected chi connectivity index (χ2v) is 10.2. The van der Waals surface area contributed by atoms with E-state index in [1.165, 1.54) is 71.2 Å². The molecule has 2 heteroatoms. The van der Waals surface area contributed by atoms with Gasteiger partial charge in [0.1, 0.15) is 0 Å². The van der Waals surface area contributed by atoms with Crippen LogP contribution in [0.3, 0.4) is 0 Å². The predicted molar refractivity (Wildman–Crippen MR) is 157 cm³/mol.